The molecule has 0 unspecified atom stereocenters. The molecular formula is C17H11ClFN5O. The van der Waals surface area contributed by atoms with Crippen LogP contribution < -0.4 is 5.56 Å². The standard InChI is InChI=1S/C17H11ClFN5O/c18-12-5-7-13(8-6-12)24-16-15(21-22-24)17(25)23(10-20-16)9-11-3-1-2-4-14(11)19/h1-8,10H,9H2. The maximum absolute atomic E-state index is 13.8. The molecule has 2 aromatic heterocycles. The van der Waals surface area contributed by atoms with E-state index in [1.807, 2.05) is 0 Å². The van der Waals surface area contributed by atoms with Gasteiger partial charge in [0.1, 0.15) is 12.1 Å². The van der Waals surface area contributed by atoms with E-state index in [9.17, 15) is 9.18 Å². The molecule has 0 aliphatic carbocycles. The van der Waals surface area contributed by atoms with Crippen molar-refractivity contribution in [2.24, 2.45) is 0 Å². The predicted octanol–water partition coefficient (Wildman–Crippen LogP) is 2.82. The van der Waals surface area contributed by atoms with Crippen molar-refractivity contribution in [2.45, 2.75) is 6.54 Å². The Morgan fingerprint density at radius 3 is 2.60 bits per heavy atom. The monoisotopic (exact) mass is 355 g/mol. The lowest BCUT2D eigenvalue weighted by atomic mass is 10.2. The van der Waals surface area contributed by atoms with Crippen LogP contribution in [0.25, 0.3) is 16.9 Å². The van der Waals surface area contributed by atoms with Crippen molar-refractivity contribution in [2.75, 3.05) is 0 Å². The lowest BCUT2D eigenvalue weighted by molar-refractivity contribution is 0.595. The Morgan fingerprint density at radius 1 is 1.08 bits per heavy atom. The molecule has 8 heteroatoms. The molecule has 0 aliphatic heterocycles. The van der Waals surface area contributed by atoms with E-state index in [2.05, 4.69) is 15.3 Å². The lowest BCUT2D eigenvalue weighted by Crippen LogP contribution is -2.22. The molecule has 4 rings (SSSR count). The second-order valence-corrected chi connectivity index (χ2v) is 5.86. The molecular weight excluding hydrogens is 345 g/mol. The van der Waals surface area contributed by atoms with Crippen LogP contribution in [-0.4, -0.2) is 24.5 Å². The topological polar surface area (TPSA) is 65.6 Å². The Bertz CT molecular complexity index is 1120. The largest absolute Gasteiger partial charge is 0.293 e. The van der Waals surface area contributed by atoms with Crippen molar-refractivity contribution in [3.8, 4) is 5.69 Å². The summed E-state index contributed by atoms with van der Waals surface area (Å²) in [4.78, 5) is 16.9. The molecule has 124 valence electrons. The molecule has 0 atom stereocenters. The summed E-state index contributed by atoms with van der Waals surface area (Å²) < 4.78 is 16.6. The summed E-state index contributed by atoms with van der Waals surface area (Å²) in [6.45, 7) is 0.0717. The van der Waals surface area contributed by atoms with E-state index in [1.165, 1.54) is 21.6 Å². The molecule has 4 aromatic rings. The van der Waals surface area contributed by atoms with E-state index in [4.69, 9.17) is 11.6 Å². The maximum Gasteiger partial charge on any atom is 0.283 e. The minimum absolute atomic E-state index is 0.0717. The fourth-order valence-corrected chi connectivity index (χ4v) is 2.65. The van der Waals surface area contributed by atoms with Gasteiger partial charge >= 0.3 is 0 Å². The van der Waals surface area contributed by atoms with Crippen LogP contribution in [-0.2, 0) is 6.54 Å². The molecule has 0 fully saturated rings. The minimum Gasteiger partial charge on any atom is -0.293 e. The molecule has 0 amide bonds. The molecule has 25 heavy (non-hydrogen) atoms. The van der Waals surface area contributed by atoms with E-state index in [0.717, 1.165) is 0 Å². The fraction of sp³-hybridized carbons (Fsp3) is 0.0588. The van der Waals surface area contributed by atoms with Gasteiger partial charge < -0.3 is 0 Å². The number of hydrogen-bond donors (Lipinski definition) is 0. The molecule has 0 aliphatic rings. The average molecular weight is 356 g/mol. The minimum atomic E-state index is -0.381. The van der Waals surface area contributed by atoms with Crippen LogP contribution in [0, 0.1) is 5.82 Å². The summed E-state index contributed by atoms with van der Waals surface area (Å²) in [6.07, 6.45) is 1.37. The van der Waals surface area contributed by atoms with Crippen molar-refractivity contribution in [3.05, 3.63) is 81.6 Å². The highest BCUT2D eigenvalue weighted by atomic mass is 35.5. The van der Waals surface area contributed by atoms with Crippen LogP contribution in [0.4, 0.5) is 4.39 Å². The fourth-order valence-electron chi connectivity index (χ4n) is 2.52. The van der Waals surface area contributed by atoms with E-state index < -0.39 is 0 Å². The SMILES string of the molecule is O=c1c2nnn(-c3ccc(Cl)cc3)c2ncn1Cc1ccccc1F. The number of fused-ring (bicyclic) bond motifs is 1. The molecule has 0 bridgehead atoms. The number of nitrogens with zero attached hydrogens (tertiary/aromatic N) is 5. The first-order valence-corrected chi connectivity index (χ1v) is 7.81. The first-order chi connectivity index (χ1) is 12.1. The Kier molecular flexibility index (Phi) is 3.77. The smallest absolute Gasteiger partial charge is 0.283 e. The molecule has 0 radical (unpaired) electrons. The van der Waals surface area contributed by atoms with Gasteiger partial charge in [-0.2, -0.15) is 4.68 Å². The van der Waals surface area contributed by atoms with Crippen molar-refractivity contribution >= 4 is 22.8 Å². The third-order valence-electron chi connectivity index (χ3n) is 3.80. The summed E-state index contributed by atoms with van der Waals surface area (Å²) in [5.74, 6) is -0.376. The Balaban J connectivity index is 1.78. The van der Waals surface area contributed by atoms with Gasteiger partial charge in [0, 0.05) is 10.6 Å². The van der Waals surface area contributed by atoms with E-state index >= 15 is 0 Å². The van der Waals surface area contributed by atoms with Gasteiger partial charge in [-0.25, -0.2) is 9.37 Å². The van der Waals surface area contributed by atoms with Crippen LogP contribution in [0.15, 0.2) is 59.7 Å². The van der Waals surface area contributed by atoms with Crippen LogP contribution in [0.5, 0.6) is 0 Å². The summed E-state index contributed by atoms with van der Waals surface area (Å²) in [7, 11) is 0. The number of rotatable bonds is 3. The quantitative estimate of drug-likeness (QED) is 0.567. The van der Waals surface area contributed by atoms with Gasteiger partial charge in [-0.3, -0.25) is 9.36 Å². The summed E-state index contributed by atoms with van der Waals surface area (Å²) in [5.41, 5.74) is 1.15. The molecule has 6 nitrogen and oxygen atoms in total. The molecule has 0 saturated carbocycles. The van der Waals surface area contributed by atoms with Gasteiger partial charge in [-0.1, -0.05) is 35.0 Å². The van der Waals surface area contributed by atoms with E-state index in [1.54, 1.807) is 42.5 Å². The number of halogens is 2. The van der Waals surface area contributed by atoms with Crippen molar-refractivity contribution in [1.82, 2.24) is 24.5 Å². The van der Waals surface area contributed by atoms with Gasteiger partial charge in [0.15, 0.2) is 11.2 Å². The molecule has 2 heterocycles. The van der Waals surface area contributed by atoms with Crippen LogP contribution in [0.2, 0.25) is 5.02 Å². The molecule has 2 aromatic carbocycles. The summed E-state index contributed by atoms with van der Waals surface area (Å²) in [6, 6.07) is 13.2. The van der Waals surface area contributed by atoms with Gasteiger partial charge in [-0.15, -0.1) is 5.10 Å². The van der Waals surface area contributed by atoms with Gasteiger partial charge in [0.2, 0.25) is 0 Å². The zero-order valence-corrected chi connectivity index (χ0v) is 13.6. The first-order valence-electron chi connectivity index (χ1n) is 7.44. The zero-order valence-electron chi connectivity index (χ0n) is 12.8. The highest BCUT2D eigenvalue weighted by molar-refractivity contribution is 6.30. The van der Waals surface area contributed by atoms with E-state index in [-0.39, 0.29) is 23.4 Å². The van der Waals surface area contributed by atoms with Crippen LogP contribution in [0.3, 0.4) is 0 Å². The first kappa shape index (κ1) is 15.5. The zero-order chi connectivity index (χ0) is 17.4. The molecule has 0 saturated heterocycles. The van der Waals surface area contributed by atoms with Crippen LogP contribution >= 0.6 is 11.6 Å². The van der Waals surface area contributed by atoms with Crippen molar-refractivity contribution < 1.29 is 4.39 Å². The Labute approximate surface area is 146 Å². The second-order valence-electron chi connectivity index (χ2n) is 5.42. The number of aromatic nitrogens is 5. The number of hydrogen-bond acceptors (Lipinski definition) is 4. The average Bonchev–Trinajstić information content (AvgIpc) is 3.05. The van der Waals surface area contributed by atoms with Crippen LogP contribution in [0.1, 0.15) is 5.56 Å². The lowest BCUT2D eigenvalue weighted by Gasteiger charge is -2.06. The second kappa shape index (κ2) is 6.10. The normalized spacial score (nSPS) is 11.1. The third-order valence-corrected chi connectivity index (χ3v) is 4.05. The van der Waals surface area contributed by atoms with Gasteiger partial charge in [-0.05, 0) is 30.3 Å². The third kappa shape index (κ3) is 2.78. The molecule has 0 N–H and O–H groups in total. The molecule has 0 spiro atoms. The highest BCUT2D eigenvalue weighted by Gasteiger charge is 2.14. The number of benzene rings is 2. The Morgan fingerprint density at radius 2 is 1.84 bits per heavy atom. The summed E-state index contributed by atoms with van der Waals surface area (Å²) >= 11 is 5.88. The van der Waals surface area contributed by atoms with E-state index in [0.29, 0.717) is 21.9 Å². The van der Waals surface area contributed by atoms with Crippen molar-refractivity contribution in [1.29, 1.82) is 0 Å². The predicted molar refractivity (Wildman–Crippen MR) is 91.4 cm³/mol. The maximum atomic E-state index is 13.8. The summed E-state index contributed by atoms with van der Waals surface area (Å²) in [5, 5.41) is 8.52. The van der Waals surface area contributed by atoms with Gasteiger partial charge in [0.25, 0.3) is 5.56 Å². The van der Waals surface area contributed by atoms with Crippen molar-refractivity contribution in [3.63, 3.8) is 0 Å². The van der Waals surface area contributed by atoms with Gasteiger partial charge in [0.05, 0.1) is 12.2 Å². The Hall–Kier alpha value is -3.06. The highest BCUT2D eigenvalue weighted by Crippen LogP contribution is 2.15.